The van der Waals surface area contributed by atoms with Gasteiger partial charge in [-0.3, -0.25) is 4.98 Å². The number of hydrogen-bond donors (Lipinski definition) is 0. The molecule has 0 saturated heterocycles. The van der Waals surface area contributed by atoms with Crippen molar-refractivity contribution in [2.24, 2.45) is 0 Å². The van der Waals surface area contributed by atoms with E-state index in [2.05, 4.69) is 120 Å². The lowest BCUT2D eigenvalue weighted by Gasteiger charge is -2.39. The standard InChI is InChI=1S/C44H36N4/c1-4-12-32(13-5-1)33-17-19-36(20-18-33)42-46-41(35-14-6-2-7-15-35)47-43(48-42)37-23-27-39(28-24-37)44(29-9-3-10-30-44)38-25-21-34(22-26-38)40-16-8-11-31-45-40/h1-2,4-8,11-28,31H,3,9-10,29-30H2. The average Bonchev–Trinajstić information content (AvgIpc) is 3.19. The van der Waals surface area contributed by atoms with Gasteiger partial charge in [-0.1, -0.05) is 159 Å². The highest BCUT2D eigenvalue weighted by atomic mass is 15.0. The van der Waals surface area contributed by atoms with Crippen molar-refractivity contribution in [2.45, 2.75) is 37.5 Å². The second-order valence-electron chi connectivity index (χ2n) is 12.6. The van der Waals surface area contributed by atoms with Crippen molar-refractivity contribution in [2.75, 3.05) is 0 Å². The number of aromatic nitrogens is 4. The first-order chi connectivity index (χ1) is 23.7. The van der Waals surface area contributed by atoms with Crippen molar-refractivity contribution in [3.05, 3.63) is 169 Å². The van der Waals surface area contributed by atoms with E-state index < -0.39 is 0 Å². The first-order valence-corrected chi connectivity index (χ1v) is 16.9. The maximum atomic E-state index is 5.03. The summed E-state index contributed by atoms with van der Waals surface area (Å²) in [4.78, 5) is 19.5. The van der Waals surface area contributed by atoms with Crippen molar-refractivity contribution < 1.29 is 0 Å². The summed E-state index contributed by atoms with van der Waals surface area (Å²) in [5.41, 5.74) is 10.1. The summed E-state index contributed by atoms with van der Waals surface area (Å²) >= 11 is 0. The molecule has 0 bridgehead atoms. The van der Waals surface area contributed by atoms with Crippen LogP contribution in [0.3, 0.4) is 0 Å². The summed E-state index contributed by atoms with van der Waals surface area (Å²) in [5.74, 6) is 2.01. The van der Waals surface area contributed by atoms with E-state index in [4.69, 9.17) is 15.0 Å². The first kappa shape index (κ1) is 29.6. The monoisotopic (exact) mass is 620 g/mol. The predicted molar refractivity (Wildman–Crippen MR) is 195 cm³/mol. The molecule has 0 spiro atoms. The Hall–Kier alpha value is -5.74. The molecule has 2 aromatic heterocycles. The van der Waals surface area contributed by atoms with Crippen molar-refractivity contribution in [1.29, 1.82) is 0 Å². The quantitative estimate of drug-likeness (QED) is 0.178. The van der Waals surface area contributed by atoms with E-state index >= 15 is 0 Å². The van der Waals surface area contributed by atoms with Crippen LogP contribution in [0.15, 0.2) is 158 Å². The van der Waals surface area contributed by atoms with E-state index in [9.17, 15) is 0 Å². The lowest BCUT2D eigenvalue weighted by Crippen LogP contribution is -2.30. The third-order valence-corrected chi connectivity index (χ3v) is 9.72. The zero-order chi connectivity index (χ0) is 32.2. The van der Waals surface area contributed by atoms with Gasteiger partial charge in [-0.15, -0.1) is 0 Å². The summed E-state index contributed by atoms with van der Waals surface area (Å²) in [5, 5.41) is 0. The molecule has 232 valence electrons. The Bertz CT molecular complexity index is 2100. The topological polar surface area (TPSA) is 51.6 Å². The van der Waals surface area contributed by atoms with Crippen LogP contribution in [-0.4, -0.2) is 19.9 Å². The van der Waals surface area contributed by atoms with Crippen LogP contribution in [0.25, 0.3) is 56.5 Å². The molecule has 0 atom stereocenters. The Kier molecular flexibility index (Phi) is 8.13. The molecule has 0 radical (unpaired) electrons. The average molecular weight is 621 g/mol. The van der Waals surface area contributed by atoms with Crippen LogP contribution in [0.1, 0.15) is 43.2 Å². The minimum atomic E-state index is -0.0145. The zero-order valence-electron chi connectivity index (χ0n) is 26.8. The van der Waals surface area contributed by atoms with Gasteiger partial charge in [0.25, 0.3) is 0 Å². The molecule has 1 aliphatic rings. The van der Waals surface area contributed by atoms with Crippen LogP contribution in [0.2, 0.25) is 0 Å². The van der Waals surface area contributed by atoms with Crippen LogP contribution in [0.5, 0.6) is 0 Å². The molecule has 0 N–H and O–H groups in total. The largest absolute Gasteiger partial charge is 0.256 e. The van der Waals surface area contributed by atoms with Gasteiger partial charge < -0.3 is 0 Å². The fourth-order valence-electron chi connectivity index (χ4n) is 7.12. The van der Waals surface area contributed by atoms with E-state index in [1.807, 2.05) is 42.6 Å². The van der Waals surface area contributed by atoms with Crippen LogP contribution in [0.4, 0.5) is 0 Å². The smallest absolute Gasteiger partial charge is 0.164 e. The molecule has 2 heterocycles. The molecule has 0 amide bonds. The fourth-order valence-corrected chi connectivity index (χ4v) is 7.12. The molecule has 4 nitrogen and oxygen atoms in total. The van der Waals surface area contributed by atoms with Crippen LogP contribution in [0, 0.1) is 0 Å². The molecule has 1 fully saturated rings. The summed E-state index contributed by atoms with van der Waals surface area (Å²) in [6.07, 6.45) is 7.88. The maximum Gasteiger partial charge on any atom is 0.164 e. The molecule has 7 aromatic rings. The molecule has 8 rings (SSSR count). The number of rotatable bonds is 7. The van der Waals surface area contributed by atoms with Gasteiger partial charge in [0.2, 0.25) is 0 Å². The second-order valence-corrected chi connectivity index (χ2v) is 12.6. The minimum Gasteiger partial charge on any atom is -0.256 e. The molecule has 5 aromatic carbocycles. The lowest BCUT2D eigenvalue weighted by atomic mass is 9.65. The lowest BCUT2D eigenvalue weighted by molar-refractivity contribution is 0.346. The van der Waals surface area contributed by atoms with Gasteiger partial charge in [-0.25, -0.2) is 15.0 Å². The molecular weight excluding hydrogens is 585 g/mol. The summed E-state index contributed by atoms with van der Waals surface area (Å²) < 4.78 is 0. The summed E-state index contributed by atoms with van der Waals surface area (Å²) in [7, 11) is 0. The normalized spacial score (nSPS) is 14.0. The molecule has 4 heteroatoms. The van der Waals surface area contributed by atoms with E-state index in [0.29, 0.717) is 17.5 Å². The van der Waals surface area contributed by atoms with E-state index in [0.717, 1.165) is 46.4 Å². The van der Waals surface area contributed by atoms with Gasteiger partial charge >= 0.3 is 0 Å². The SMILES string of the molecule is c1ccc(-c2ccc(-c3nc(-c4ccccc4)nc(-c4ccc(C5(c6ccc(-c7ccccn7)cc6)CCCCC5)cc4)n3)cc2)cc1. The van der Waals surface area contributed by atoms with Crippen LogP contribution >= 0.6 is 0 Å². The van der Waals surface area contributed by atoms with Crippen molar-refractivity contribution >= 4 is 0 Å². The minimum absolute atomic E-state index is 0.0145. The fraction of sp³-hybridized carbons (Fsp3) is 0.136. The van der Waals surface area contributed by atoms with Gasteiger partial charge in [0.1, 0.15) is 0 Å². The molecular formula is C44H36N4. The molecule has 0 unspecified atom stereocenters. The second kappa shape index (κ2) is 13.2. The highest BCUT2D eigenvalue weighted by molar-refractivity contribution is 5.70. The Balaban J connectivity index is 1.15. The number of benzene rings is 5. The third kappa shape index (κ3) is 5.93. The molecule has 1 aliphatic carbocycles. The third-order valence-electron chi connectivity index (χ3n) is 9.72. The van der Waals surface area contributed by atoms with Crippen molar-refractivity contribution in [3.63, 3.8) is 0 Å². The molecule has 1 saturated carbocycles. The highest BCUT2D eigenvalue weighted by Crippen LogP contribution is 2.45. The Labute approximate surface area is 282 Å². The van der Waals surface area contributed by atoms with Gasteiger partial charge in [0.15, 0.2) is 17.5 Å². The molecule has 48 heavy (non-hydrogen) atoms. The summed E-state index contributed by atoms with van der Waals surface area (Å²) in [6, 6.07) is 53.2. The maximum absolute atomic E-state index is 5.03. The van der Waals surface area contributed by atoms with Gasteiger partial charge in [-0.05, 0) is 47.2 Å². The highest BCUT2D eigenvalue weighted by Gasteiger charge is 2.35. The van der Waals surface area contributed by atoms with Crippen LogP contribution in [-0.2, 0) is 5.41 Å². The van der Waals surface area contributed by atoms with Crippen LogP contribution < -0.4 is 0 Å². The Morgan fingerprint density at radius 1 is 0.354 bits per heavy atom. The van der Waals surface area contributed by atoms with Crippen molar-refractivity contribution in [1.82, 2.24) is 19.9 Å². The van der Waals surface area contributed by atoms with Gasteiger partial charge in [-0.2, -0.15) is 0 Å². The molecule has 0 aliphatic heterocycles. The van der Waals surface area contributed by atoms with E-state index in [1.165, 1.54) is 36.0 Å². The zero-order valence-corrected chi connectivity index (χ0v) is 26.8. The first-order valence-electron chi connectivity index (χ1n) is 16.9. The number of hydrogen-bond acceptors (Lipinski definition) is 4. The van der Waals surface area contributed by atoms with Gasteiger partial charge in [0.05, 0.1) is 5.69 Å². The number of pyridine rings is 1. The Morgan fingerprint density at radius 3 is 1.29 bits per heavy atom. The van der Waals surface area contributed by atoms with Crippen molar-refractivity contribution in [3.8, 4) is 56.5 Å². The summed E-state index contributed by atoms with van der Waals surface area (Å²) in [6.45, 7) is 0. The van der Waals surface area contributed by atoms with Gasteiger partial charge in [0, 0.05) is 33.9 Å². The van der Waals surface area contributed by atoms with E-state index in [1.54, 1.807) is 0 Å². The predicted octanol–water partition coefficient (Wildman–Crippen LogP) is 10.9. The van der Waals surface area contributed by atoms with E-state index in [-0.39, 0.29) is 5.41 Å². The number of nitrogens with zero attached hydrogens (tertiary/aromatic N) is 4. The Morgan fingerprint density at radius 2 is 0.771 bits per heavy atom.